The normalized spacial score (nSPS) is 31.7. The fourth-order valence-corrected chi connectivity index (χ4v) is 6.25. The fraction of sp³-hybridized carbons (Fsp3) is 0.619. The molecule has 2 N–H and O–H groups in total. The number of thioether (sulfide) groups is 1. The van der Waals surface area contributed by atoms with Gasteiger partial charge in [0.25, 0.3) is 0 Å². The maximum absolute atomic E-state index is 12.9. The number of nitrogens with one attached hydrogen (secondary N) is 2. The molecular formula is C21H28N2O2S. The van der Waals surface area contributed by atoms with Gasteiger partial charge in [-0.25, -0.2) is 0 Å². The molecule has 4 bridgehead atoms. The number of benzene rings is 1. The SMILES string of the molecule is CSc1cccc(NC(=O)CCNC(=O)C23CC4CC(CC(C4)C2)C3)c1. The number of amides is 2. The van der Waals surface area contributed by atoms with E-state index in [9.17, 15) is 9.59 Å². The molecule has 0 aliphatic heterocycles. The standard InChI is InChI=1S/C21H28N2O2S/c1-26-18-4-2-3-17(10-18)23-19(24)5-6-22-20(25)21-11-14-7-15(12-21)9-16(8-14)13-21/h2-4,10,14-16H,5-9,11-13H2,1H3,(H,22,25)(H,23,24). The molecule has 4 fully saturated rings. The second-order valence-corrected chi connectivity index (χ2v) is 9.36. The quantitative estimate of drug-likeness (QED) is 0.740. The van der Waals surface area contributed by atoms with Crippen LogP contribution in [0.25, 0.3) is 0 Å². The van der Waals surface area contributed by atoms with Crippen LogP contribution in [-0.2, 0) is 9.59 Å². The monoisotopic (exact) mass is 372 g/mol. The van der Waals surface area contributed by atoms with E-state index in [4.69, 9.17) is 0 Å². The van der Waals surface area contributed by atoms with Crippen molar-refractivity contribution in [3.63, 3.8) is 0 Å². The summed E-state index contributed by atoms with van der Waals surface area (Å²) in [7, 11) is 0. The summed E-state index contributed by atoms with van der Waals surface area (Å²) >= 11 is 1.65. The molecule has 4 aliphatic rings. The van der Waals surface area contributed by atoms with Crippen molar-refractivity contribution in [2.45, 2.75) is 49.8 Å². The van der Waals surface area contributed by atoms with Gasteiger partial charge in [0, 0.05) is 29.0 Å². The summed E-state index contributed by atoms with van der Waals surface area (Å²) in [6.07, 6.45) is 9.55. The summed E-state index contributed by atoms with van der Waals surface area (Å²) in [6, 6.07) is 7.82. The van der Waals surface area contributed by atoms with E-state index in [2.05, 4.69) is 10.6 Å². The Hall–Kier alpha value is -1.49. The van der Waals surface area contributed by atoms with Gasteiger partial charge < -0.3 is 10.6 Å². The van der Waals surface area contributed by atoms with Gasteiger partial charge in [-0.2, -0.15) is 0 Å². The topological polar surface area (TPSA) is 58.2 Å². The third-order valence-electron chi connectivity index (χ3n) is 6.51. The number of carbonyl (C=O) groups excluding carboxylic acids is 2. The average Bonchev–Trinajstić information content (AvgIpc) is 2.60. The van der Waals surface area contributed by atoms with Gasteiger partial charge in [-0.3, -0.25) is 9.59 Å². The Morgan fingerprint density at radius 3 is 2.38 bits per heavy atom. The van der Waals surface area contributed by atoms with Crippen LogP contribution in [0.3, 0.4) is 0 Å². The minimum Gasteiger partial charge on any atom is -0.355 e. The molecule has 0 saturated heterocycles. The number of carbonyl (C=O) groups is 2. The highest BCUT2D eigenvalue weighted by atomic mass is 32.2. The molecule has 4 nitrogen and oxygen atoms in total. The first-order valence-corrected chi connectivity index (χ1v) is 11.0. The van der Waals surface area contributed by atoms with Crippen LogP contribution in [0, 0.1) is 23.2 Å². The fourth-order valence-electron chi connectivity index (χ4n) is 5.79. The van der Waals surface area contributed by atoms with Gasteiger partial charge in [0.05, 0.1) is 0 Å². The van der Waals surface area contributed by atoms with Gasteiger partial charge >= 0.3 is 0 Å². The van der Waals surface area contributed by atoms with E-state index in [0.717, 1.165) is 47.6 Å². The first-order chi connectivity index (χ1) is 12.6. The van der Waals surface area contributed by atoms with Crippen molar-refractivity contribution in [3.05, 3.63) is 24.3 Å². The molecule has 5 rings (SSSR count). The molecule has 26 heavy (non-hydrogen) atoms. The largest absolute Gasteiger partial charge is 0.355 e. The van der Waals surface area contributed by atoms with Crippen LogP contribution in [0.2, 0.25) is 0 Å². The lowest BCUT2D eigenvalue weighted by Crippen LogP contribution is -2.53. The molecule has 0 heterocycles. The van der Waals surface area contributed by atoms with Gasteiger partial charge in [0.1, 0.15) is 0 Å². The zero-order valence-corrected chi connectivity index (χ0v) is 16.2. The molecule has 0 unspecified atom stereocenters. The predicted molar refractivity (Wildman–Crippen MR) is 105 cm³/mol. The van der Waals surface area contributed by atoms with Crippen LogP contribution in [-0.4, -0.2) is 24.6 Å². The molecule has 0 aromatic heterocycles. The molecule has 5 heteroatoms. The highest BCUT2D eigenvalue weighted by Gasteiger charge is 2.54. The van der Waals surface area contributed by atoms with Crippen molar-refractivity contribution < 1.29 is 9.59 Å². The summed E-state index contributed by atoms with van der Waals surface area (Å²) in [5.74, 6) is 2.44. The molecule has 0 spiro atoms. The smallest absolute Gasteiger partial charge is 0.226 e. The lowest BCUT2D eigenvalue weighted by Gasteiger charge is -2.55. The Morgan fingerprint density at radius 2 is 1.77 bits per heavy atom. The molecule has 0 atom stereocenters. The minimum atomic E-state index is -0.127. The van der Waals surface area contributed by atoms with Crippen molar-refractivity contribution in [1.29, 1.82) is 0 Å². The highest BCUT2D eigenvalue weighted by Crippen LogP contribution is 2.60. The second-order valence-electron chi connectivity index (χ2n) is 8.48. The molecule has 1 aromatic rings. The molecule has 1 aromatic carbocycles. The maximum atomic E-state index is 12.9. The number of anilines is 1. The lowest BCUT2D eigenvalue weighted by molar-refractivity contribution is -0.146. The van der Waals surface area contributed by atoms with Crippen LogP contribution >= 0.6 is 11.8 Å². The first-order valence-electron chi connectivity index (χ1n) is 9.78. The van der Waals surface area contributed by atoms with Crippen molar-refractivity contribution in [1.82, 2.24) is 5.32 Å². The van der Waals surface area contributed by atoms with Gasteiger partial charge in [-0.05, 0) is 80.7 Å². The summed E-state index contributed by atoms with van der Waals surface area (Å²) in [5, 5.41) is 6.00. The summed E-state index contributed by atoms with van der Waals surface area (Å²) < 4.78 is 0. The van der Waals surface area contributed by atoms with E-state index in [0.29, 0.717) is 13.0 Å². The van der Waals surface area contributed by atoms with Crippen molar-refractivity contribution in [3.8, 4) is 0 Å². The van der Waals surface area contributed by atoms with Crippen molar-refractivity contribution in [2.24, 2.45) is 23.2 Å². The van der Waals surface area contributed by atoms with Gasteiger partial charge in [-0.15, -0.1) is 11.8 Å². The van der Waals surface area contributed by atoms with E-state index in [1.54, 1.807) is 11.8 Å². The van der Waals surface area contributed by atoms with Crippen LogP contribution in [0.15, 0.2) is 29.2 Å². The zero-order valence-electron chi connectivity index (χ0n) is 15.4. The second kappa shape index (κ2) is 7.26. The van der Waals surface area contributed by atoms with E-state index >= 15 is 0 Å². The van der Waals surface area contributed by atoms with E-state index < -0.39 is 0 Å². The van der Waals surface area contributed by atoms with Crippen LogP contribution in [0.1, 0.15) is 44.9 Å². The van der Waals surface area contributed by atoms with Crippen LogP contribution < -0.4 is 10.6 Å². The maximum Gasteiger partial charge on any atom is 0.226 e. The number of rotatable bonds is 6. The van der Waals surface area contributed by atoms with E-state index in [1.165, 1.54) is 19.3 Å². The Labute approximate surface area is 159 Å². The zero-order chi connectivity index (χ0) is 18.1. The van der Waals surface area contributed by atoms with Gasteiger partial charge in [-0.1, -0.05) is 6.07 Å². The van der Waals surface area contributed by atoms with Crippen molar-refractivity contribution in [2.75, 3.05) is 18.1 Å². The van der Waals surface area contributed by atoms with Gasteiger partial charge in [0.15, 0.2) is 0 Å². The lowest BCUT2D eigenvalue weighted by atomic mass is 9.49. The van der Waals surface area contributed by atoms with Crippen LogP contribution in [0.4, 0.5) is 5.69 Å². The average molecular weight is 373 g/mol. The summed E-state index contributed by atoms with van der Waals surface area (Å²) in [4.78, 5) is 26.2. The molecule has 2 amide bonds. The number of hydrogen-bond donors (Lipinski definition) is 2. The minimum absolute atomic E-state index is 0.0472. The molecule has 0 radical (unpaired) electrons. The first kappa shape index (κ1) is 17.9. The van der Waals surface area contributed by atoms with Gasteiger partial charge in [0.2, 0.25) is 11.8 Å². The third kappa shape index (κ3) is 3.64. The van der Waals surface area contributed by atoms with E-state index in [1.807, 2.05) is 30.5 Å². The number of hydrogen-bond acceptors (Lipinski definition) is 3. The Morgan fingerprint density at radius 1 is 1.12 bits per heavy atom. The predicted octanol–water partition coefficient (Wildman–Crippen LogP) is 4.07. The van der Waals surface area contributed by atoms with E-state index in [-0.39, 0.29) is 17.2 Å². The Bertz CT molecular complexity index is 668. The molecular weight excluding hydrogens is 344 g/mol. The summed E-state index contributed by atoms with van der Waals surface area (Å²) in [6.45, 7) is 0.425. The Kier molecular flexibility index (Phi) is 5.00. The highest BCUT2D eigenvalue weighted by molar-refractivity contribution is 7.98. The Balaban J connectivity index is 1.26. The van der Waals surface area contributed by atoms with Crippen LogP contribution in [0.5, 0.6) is 0 Å². The van der Waals surface area contributed by atoms with Crippen molar-refractivity contribution >= 4 is 29.3 Å². The molecule has 140 valence electrons. The third-order valence-corrected chi connectivity index (χ3v) is 7.24. The summed E-state index contributed by atoms with van der Waals surface area (Å²) in [5.41, 5.74) is 0.687. The molecule has 4 aliphatic carbocycles. The molecule has 4 saturated carbocycles.